The van der Waals surface area contributed by atoms with Crippen LogP contribution in [0.1, 0.15) is 24.3 Å². The van der Waals surface area contributed by atoms with E-state index in [4.69, 9.17) is 4.42 Å². The molecule has 1 unspecified atom stereocenters. The fourth-order valence-corrected chi connectivity index (χ4v) is 3.28. The molecule has 1 N–H and O–H groups in total. The maximum absolute atomic E-state index is 5.56. The third kappa shape index (κ3) is 4.13. The lowest BCUT2D eigenvalue weighted by atomic mass is 10.2. The summed E-state index contributed by atoms with van der Waals surface area (Å²) >= 11 is 5.37. The molecule has 1 aromatic carbocycles. The van der Waals surface area contributed by atoms with Crippen molar-refractivity contribution in [2.75, 3.05) is 12.3 Å². The van der Waals surface area contributed by atoms with E-state index in [9.17, 15) is 0 Å². The highest BCUT2D eigenvalue weighted by Crippen LogP contribution is 2.29. The van der Waals surface area contributed by atoms with Crippen LogP contribution in [-0.2, 0) is 0 Å². The average Bonchev–Trinajstić information content (AvgIpc) is 2.83. The highest BCUT2D eigenvalue weighted by atomic mass is 79.9. The zero-order valence-electron chi connectivity index (χ0n) is 11.2. The molecule has 19 heavy (non-hydrogen) atoms. The van der Waals surface area contributed by atoms with E-state index in [0.717, 1.165) is 22.5 Å². The van der Waals surface area contributed by atoms with Gasteiger partial charge in [-0.25, -0.2) is 0 Å². The van der Waals surface area contributed by atoms with Crippen LogP contribution in [0.3, 0.4) is 0 Å². The number of nitrogens with one attached hydrogen (secondary N) is 1. The molecule has 0 aliphatic heterocycles. The van der Waals surface area contributed by atoms with Crippen molar-refractivity contribution >= 4 is 27.7 Å². The molecule has 0 aliphatic rings. The Hall–Kier alpha value is -0.710. The highest BCUT2D eigenvalue weighted by molar-refractivity contribution is 9.10. The molecular formula is C15H18BrNOS. The molecule has 0 amide bonds. The summed E-state index contributed by atoms with van der Waals surface area (Å²) < 4.78 is 6.59. The van der Waals surface area contributed by atoms with Gasteiger partial charge in [0.25, 0.3) is 0 Å². The van der Waals surface area contributed by atoms with E-state index >= 15 is 0 Å². The maximum Gasteiger partial charge on any atom is 0.135 e. The summed E-state index contributed by atoms with van der Waals surface area (Å²) in [7, 11) is 0. The predicted molar refractivity (Wildman–Crippen MR) is 84.7 cm³/mol. The van der Waals surface area contributed by atoms with Crippen LogP contribution in [-0.4, -0.2) is 12.3 Å². The van der Waals surface area contributed by atoms with Crippen molar-refractivity contribution in [2.45, 2.75) is 24.8 Å². The van der Waals surface area contributed by atoms with Gasteiger partial charge in [-0.15, -0.1) is 11.8 Å². The second kappa shape index (κ2) is 7.17. The SMILES string of the molecule is CCNC(CSc1ccc(C)cc1)c1occc1Br. The number of hydrogen-bond donors (Lipinski definition) is 1. The molecule has 0 aliphatic carbocycles. The van der Waals surface area contributed by atoms with Gasteiger partial charge >= 0.3 is 0 Å². The van der Waals surface area contributed by atoms with Crippen molar-refractivity contribution in [1.82, 2.24) is 5.32 Å². The molecule has 2 rings (SSSR count). The van der Waals surface area contributed by atoms with Gasteiger partial charge in [-0.1, -0.05) is 24.6 Å². The first-order valence-corrected chi connectivity index (χ1v) is 8.14. The second-order valence-electron chi connectivity index (χ2n) is 4.37. The van der Waals surface area contributed by atoms with Crippen molar-refractivity contribution in [3.8, 4) is 0 Å². The van der Waals surface area contributed by atoms with E-state index in [1.54, 1.807) is 6.26 Å². The van der Waals surface area contributed by atoms with Gasteiger partial charge in [0, 0.05) is 10.6 Å². The quantitative estimate of drug-likeness (QED) is 0.765. The average molecular weight is 340 g/mol. The lowest BCUT2D eigenvalue weighted by molar-refractivity contribution is 0.438. The number of halogens is 1. The Morgan fingerprint density at radius 3 is 2.58 bits per heavy atom. The van der Waals surface area contributed by atoms with Gasteiger partial charge in [0.05, 0.1) is 16.8 Å². The molecule has 1 heterocycles. The molecule has 0 radical (unpaired) electrons. The fourth-order valence-electron chi connectivity index (χ4n) is 1.84. The minimum atomic E-state index is 0.223. The van der Waals surface area contributed by atoms with E-state index in [2.05, 4.69) is 59.4 Å². The van der Waals surface area contributed by atoms with Crippen LogP contribution in [0.25, 0.3) is 0 Å². The summed E-state index contributed by atoms with van der Waals surface area (Å²) in [6.45, 7) is 5.14. The normalized spacial score (nSPS) is 12.6. The van der Waals surface area contributed by atoms with E-state index in [1.165, 1.54) is 10.5 Å². The Balaban J connectivity index is 2.01. The minimum absolute atomic E-state index is 0.223. The maximum atomic E-state index is 5.56. The van der Waals surface area contributed by atoms with Crippen molar-refractivity contribution in [2.24, 2.45) is 0 Å². The van der Waals surface area contributed by atoms with Gasteiger partial charge in [0.1, 0.15) is 5.76 Å². The summed E-state index contributed by atoms with van der Waals surface area (Å²) in [5.74, 6) is 1.92. The molecule has 2 aromatic rings. The highest BCUT2D eigenvalue weighted by Gasteiger charge is 2.17. The number of rotatable bonds is 6. The molecule has 1 aromatic heterocycles. The molecule has 2 nitrogen and oxygen atoms in total. The Bertz CT molecular complexity index is 509. The van der Waals surface area contributed by atoms with Gasteiger partial charge in [-0.3, -0.25) is 0 Å². The van der Waals surface area contributed by atoms with Gasteiger partial charge in [0.2, 0.25) is 0 Å². The second-order valence-corrected chi connectivity index (χ2v) is 6.31. The van der Waals surface area contributed by atoms with Gasteiger partial charge in [-0.2, -0.15) is 0 Å². The lowest BCUT2D eigenvalue weighted by Gasteiger charge is -2.15. The molecule has 4 heteroatoms. The molecule has 0 fully saturated rings. The summed E-state index contributed by atoms with van der Waals surface area (Å²) in [4.78, 5) is 1.29. The molecular weight excluding hydrogens is 322 g/mol. The van der Waals surface area contributed by atoms with Crippen LogP contribution >= 0.6 is 27.7 Å². The van der Waals surface area contributed by atoms with Crippen LogP contribution in [0, 0.1) is 6.92 Å². The Morgan fingerprint density at radius 2 is 2.00 bits per heavy atom. The summed E-state index contributed by atoms with van der Waals surface area (Å²) in [5.41, 5.74) is 1.29. The Labute approximate surface area is 127 Å². The molecule has 0 saturated carbocycles. The zero-order chi connectivity index (χ0) is 13.7. The molecule has 1 atom stereocenters. The molecule has 0 bridgehead atoms. The molecule has 0 saturated heterocycles. The van der Waals surface area contributed by atoms with Crippen molar-refractivity contribution in [1.29, 1.82) is 0 Å². The largest absolute Gasteiger partial charge is 0.466 e. The Kier molecular flexibility index (Phi) is 5.55. The van der Waals surface area contributed by atoms with Crippen LogP contribution in [0.5, 0.6) is 0 Å². The summed E-state index contributed by atoms with van der Waals surface area (Å²) in [6.07, 6.45) is 1.72. The number of hydrogen-bond acceptors (Lipinski definition) is 3. The van der Waals surface area contributed by atoms with Crippen molar-refractivity contribution in [3.05, 3.63) is 52.4 Å². The number of aryl methyl sites for hydroxylation is 1. The van der Waals surface area contributed by atoms with Crippen LogP contribution < -0.4 is 5.32 Å². The van der Waals surface area contributed by atoms with E-state index in [0.29, 0.717) is 0 Å². The predicted octanol–water partition coefficient (Wildman–Crippen LogP) is 4.79. The lowest BCUT2D eigenvalue weighted by Crippen LogP contribution is -2.22. The van der Waals surface area contributed by atoms with Crippen molar-refractivity contribution in [3.63, 3.8) is 0 Å². The van der Waals surface area contributed by atoms with Gasteiger partial charge in [0.15, 0.2) is 0 Å². The van der Waals surface area contributed by atoms with E-state index in [1.807, 2.05) is 17.8 Å². The third-order valence-electron chi connectivity index (χ3n) is 2.85. The number of thioether (sulfide) groups is 1. The van der Waals surface area contributed by atoms with Crippen LogP contribution in [0.4, 0.5) is 0 Å². The fraction of sp³-hybridized carbons (Fsp3) is 0.333. The Morgan fingerprint density at radius 1 is 1.26 bits per heavy atom. The first-order chi connectivity index (χ1) is 9.20. The first kappa shape index (κ1) is 14.7. The first-order valence-electron chi connectivity index (χ1n) is 6.36. The van der Waals surface area contributed by atoms with E-state index in [-0.39, 0.29) is 6.04 Å². The summed E-state index contributed by atoms with van der Waals surface area (Å²) in [5, 5.41) is 3.46. The van der Waals surface area contributed by atoms with Crippen LogP contribution in [0.2, 0.25) is 0 Å². The van der Waals surface area contributed by atoms with Crippen molar-refractivity contribution < 1.29 is 4.42 Å². The minimum Gasteiger partial charge on any atom is -0.466 e. The third-order valence-corrected chi connectivity index (χ3v) is 4.61. The van der Waals surface area contributed by atoms with Gasteiger partial charge < -0.3 is 9.73 Å². The molecule has 0 spiro atoms. The number of benzene rings is 1. The topological polar surface area (TPSA) is 25.2 Å². The standard InChI is InChI=1S/C15H18BrNOS/c1-3-17-14(15-13(16)8-9-18-15)10-19-12-6-4-11(2)5-7-12/h4-9,14,17H,3,10H2,1-2H3. The summed E-state index contributed by atoms with van der Waals surface area (Å²) in [6, 6.07) is 10.8. The van der Waals surface area contributed by atoms with Crippen LogP contribution in [0.15, 0.2) is 50.4 Å². The number of furan rings is 1. The smallest absolute Gasteiger partial charge is 0.135 e. The monoisotopic (exact) mass is 339 g/mol. The zero-order valence-corrected chi connectivity index (χ0v) is 13.6. The molecule has 102 valence electrons. The van der Waals surface area contributed by atoms with E-state index < -0.39 is 0 Å². The van der Waals surface area contributed by atoms with Gasteiger partial charge in [-0.05, 0) is 47.6 Å².